The van der Waals surface area contributed by atoms with E-state index in [1.165, 1.54) is 32.4 Å². The molecule has 1 saturated carbocycles. The number of benzene rings is 1. The number of carbonyl (C=O) groups excluding carboxylic acids is 1. The van der Waals surface area contributed by atoms with Crippen LogP contribution >= 0.6 is 0 Å². The van der Waals surface area contributed by atoms with Crippen molar-refractivity contribution in [2.45, 2.75) is 29.9 Å². The standard InChI is InChI=1S/C21H22N4O6S/c1-30-17-7-5-15(21(27)8-9-21)12-18(17)32(28,29)24-19(26)16-6-4-14(20(23-16)31-2)13-25-11-3-10-22-25/h3-7,10-12,27H,8-9,13H2,1-2H3,(H,24,26). The maximum absolute atomic E-state index is 13.0. The predicted molar refractivity (Wildman–Crippen MR) is 113 cm³/mol. The minimum Gasteiger partial charge on any atom is -0.495 e. The van der Waals surface area contributed by atoms with Gasteiger partial charge in [-0.2, -0.15) is 5.10 Å². The highest BCUT2D eigenvalue weighted by molar-refractivity contribution is 7.90. The van der Waals surface area contributed by atoms with E-state index in [2.05, 4.69) is 10.1 Å². The fraction of sp³-hybridized carbons (Fsp3) is 0.286. The zero-order chi connectivity index (χ0) is 22.9. The Hall–Kier alpha value is -3.44. The minimum absolute atomic E-state index is 0.0541. The molecule has 0 saturated heterocycles. The van der Waals surface area contributed by atoms with Gasteiger partial charge in [0, 0.05) is 18.0 Å². The largest absolute Gasteiger partial charge is 0.495 e. The van der Waals surface area contributed by atoms with E-state index in [4.69, 9.17) is 9.47 Å². The second-order valence-electron chi connectivity index (χ2n) is 7.40. The molecule has 0 spiro atoms. The Morgan fingerprint density at radius 1 is 1.22 bits per heavy atom. The molecule has 2 aromatic heterocycles. The predicted octanol–water partition coefficient (Wildman–Crippen LogP) is 1.44. The summed E-state index contributed by atoms with van der Waals surface area (Å²) in [5, 5.41) is 14.5. The molecule has 1 fully saturated rings. The van der Waals surface area contributed by atoms with Crippen molar-refractivity contribution in [2.75, 3.05) is 14.2 Å². The molecule has 0 unspecified atom stereocenters. The SMILES string of the molecule is COc1ccc(C2(O)CC2)cc1S(=O)(=O)NC(=O)c1ccc(Cn2cccn2)c(OC)n1. The molecule has 4 rings (SSSR count). The molecule has 10 nitrogen and oxygen atoms in total. The van der Waals surface area contributed by atoms with E-state index in [9.17, 15) is 18.3 Å². The molecule has 3 aromatic rings. The van der Waals surface area contributed by atoms with Crippen molar-refractivity contribution in [2.24, 2.45) is 0 Å². The number of hydrogen-bond acceptors (Lipinski definition) is 8. The summed E-state index contributed by atoms with van der Waals surface area (Å²) in [6.07, 6.45) is 4.49. The number of nitrogens with one attached hydrogen (secondary N) is 1. The molecule has 11 heteroatoms. The number of carbonyl (C=O) groups is 1. The first kappa shape index (κ1) is 21.8. The van der Waals surface area contributed by atoms with E-state index in [0.717, 1.165) is 0 Å². The topological polar surface area (TPSA) is 133 Å². The summed E-state index contributed by atoms with van der Waals surface area (Å²) in [7, 11) is -1.57. The Bertz CT molecular complexity index is 1250. The normalized spacial score (nSPS) is 14.6. The highest BCUT2D eigenvalue weighted by Gasteiger charge is 2.43. The zero-order valence-corrected chi connectivity index (χ0v) is 18.3. The lowest BCUT2D eigenvalue weighted by Gasteiger charge is -2.15. The fourth-order valence-corrected chi connectivity index (χ4v) is 4.43. The first-order valence-corrected chi connectivity index (χ1v) is 11.2. The van der Waals surface area contributed by atoms with Crippen LogP contribution in [0.1, 0.15) is 34.5 Å². The third kappa shape index (κ3) is 4.30. The second kappa shape index (κ2) is 8.24. The van der Waals surface area contributed by atoms with Gasteiger partial charge < -0.3 is 14.6 Å². The molecule has 0 atom stereocenters. The van der Waals surface area contributed by atoms with Gasteiger partial charge in [0.15, 0.2) is 0 Å². The molecule has 32 heavy (non-hydrogen) atoms. The molecule has 0 aliphatic heterocycles. The number of nitrogens with zero attached hydrogens (tertiary/aromatic N) is 3. The summed E-state index contributed by atoms with van der Waals surface area (Å²) in [5.74, 6) is -0.689. The number of methoxy groups -OCH3 is 2. The Kier molecular flexibility index (Phi) is 5.61. The van der Waals surface area contributed by atoms with Crippen molar-refractivity contribution in [1.82, 2.24) is 19.5 Å². The van der Waals surface area contributed by atoms with Crippen LogP contribution < -0.4 is 14.2 Å². The monoisotopic (exact) mass is 458 g/mol. The minimum atomic E-state index is -4.31. The van der Waals surface area contributed by atoms with Crippen LogP contribution in [0.4, 0.5) is 0 Å². The van der Waals surface area contributed by atoms with Crippen molar-refractivity contribution in [1.29, 1.82) is 0 Å². The Labute approximate surface area is 184 Å². The molecule has 1 aliphatic carbocycles. The molecule has 1 aliphatic rings. The number of rotatable bonds is 8. The van der Waals surface area contributed by atoms with Crippen LogP contribution in [0.2, 0.25) is 0 Å². The lowest BCUT2D eigenvalue weighted by molar-refractivity contribution is 0.0975. The number of amides is 1. The maximum atomic E-state index is 13.0. The van der Waals surface area contributed by atoms with Crippen molar-refractivity contribution in [3.8, 4) is 11.6 Å². The van der Waals surface area contributed by atoms with Crippen LogP contribution in [0.5, 0.6) is 11.6 Å². The lowest BCUT2D eigenvalue weighted by Crippen LogP contribution is -2.31. The zero-order valence-electron chi connectivity index (χ0n) is 17.5. The van der Waals surface area contributed by atoms with Gasteiger partial charge in [0.2, 0.25) is 5.88 Å². The first-order valence-electron chi connectivity index (χ1n) is 9.75. The van der Waals surface area contributed by atoms with Crippen molar-refractivity contribution < 1.29 is 27.8 Å². The van der Waals surface area contributed by atoms with Gasteiger partial charge in [-0.05, 0) is 48.7 Å². The van der Waals surface area contributed by atoms with Gasteiger partial charge in [0.25, 0.3) is 15.9 Å². The Morgan fingerprint density at radius 2 is 2.00 bits per heavy atom. The number of ether oxygens (including phenoxy) is 2. The number of hydrogen-bond donors (Lipinski definition) is 2. The second-order valence-corrected chi connectivity index (χ2v) is 9.05. The molecular weight excluding hydrogens is 436 g/mol. The summed E-state index contributed by atoms with van der Waals surface area (Å²) in [4.78, 5) is 16.6. The van der Waals surface area contributed by atoms with Crippen LogP contribution in [0.15, 0.2) is 53.7 Å². The van der Waals surface area contributed by atoms with E-state index >= 15 is 0 Å². The van der Waals surface area contributed by atoms with E-state index in [1.54, 1.807) is 35.3 Å². The molecule has 0 radical (unpaired) electrons. The third-order valence-electron chi connectivity index (χ3n) is 5.20. The maximum Gasteiger partial charge on any atom is 0.283 e. The summed E-state index contributed by atoms with van der Waals surface area (Å²) in [6.45, 7) is 0.371. The van der Waals surface area contributed by atoms with Crippen LogP contribution in [0, 0.1) is 0 Å². The van der Waals surface area contributed by atoms with Crippen molar-refractivity contribution >= 4 is 15.9 Å². The smallest absolute Gasteiger partial charge is 0.283 e. The number of aliphatic hydroxyl groups is 1. The van der Waals surface area contributed by atoms with E-state index in [1.807, 2.05) is 4.72 Å². The van der Waals surface area contributed by atoms with Gasteiger partial charge in [0.05, 0.1) is 26.4 Å². The van der Waals surface area contributed by atoms with Crippen molar-refractivity contribution in [3.63, 3.8) is 0 Å². The number of sulfonamides is 1. The molecule has 2 N–H and O–H groups in total. The van der Waals surface area contributed by atoms with Crippen LogP contribution in [0.25, 0.3) is 0 Å². The van der Waals surface area contributed by atoms with E-state index in [-0.39, 0.29) is 22.2 Å². The van der Waals surface area contributed by atoms with Crippen LogP contribution in [-0.4, -0.2) is 48.4 Å². The van der Waals surface area contributed by atoms with Gasteiger partial charge in [-0.25, -0.2) is 18.1 Å². The number of pyridine rings is 1. The third-order valence-corrected chi connectivity index (χ3v) is 6.55. The van der Waals surface area contributed by atoms with Crippen LogP contribution in [0.3, 0.4) is 0 Å². The van der Waals surface area contributed by atoms with Gasteiger partial charge >= 0.3 is 0 Å². The molecule has 0 bridgehead atoms. The molecule has 1 amide bonds. The first-order chi connectivity index (χ1) is 15.3. The average Bonchev–Trinajstić information content (AvgIpc) is 3.32. The van der Waals surface area contributed by atoms with Gasteiger partial charge in [-0.15, -0.1) is 0 Å². The van der Waals surface area contributed by atoms with E-state index in [0.29, 0.717) is 30.5 Å². The van der Waals surface area contributed by atoms with Gasteiger partial charge in [0.1, 0.15) is 16.3 Å². The Morgan fingerprint density at radius 3 is 2.62 bits per heavy atom. The highest BCUT2D eigenvalue weighted by atomic mass is 32.2. The summed E-state index contributed by atoms with van der Waals surface area (Å²) >= 11 is 0. The van der Waals surface area contributed by atoms with E-state index < -0.39 is 21.5 Å². The summed E-state index contributed by atoms with van der Waals surface area (Å²) in [5.41, 5.74) is -0.0537. The molecule has 2 heterocycles. The fourth-order valence-electron chi connectivity index (χ4n) is 3.27. The quantitative estimate of drug-likeness (QED) is 0.518. The summed E-state index contributed by atoms with van der Waals surface area (Å²) < 4.78 is 40.0. The molecule has 168 valence electrons. The van der Waals surface area contributed by atoms with Crippen LogP contribution in [-0.2, 0) is 22.2 Å². The highest BCUT2D eigenvalue weighted by Crippen LogP contribution is 2.46. The lowest BCUT2D eigenvalue weighted by atomic mass is 10.1. The molecular formula is C21H22N4O6S. The van der Waals surface area contributed by atoms with Gasteiger partial charge in [-0.1, -0.05) is 6.07 Å². The van der Waals surface area contributed by atoms with Crippen molar-refractivity contribution in [3.05, 3.63) is 65.6 Å². The average molecular weight is 458 g/mol. The summed E-state index contributed by atoms with van der Waals surface area (Å²) in [6, 6.07) is 9.19. The number of aromatic nitrogens is 3. The Balaban J connectivity index is 1.59. The molecule has 1 aromatic carbocycles. The van der Waals surface area contributed by atoms with Gasteiger partial charge in [-0.3, -0.25) is 9.48 Å².